The van der Waals surface area contributed by atoms with Gasteiger partial charge in [0.1, 0.15) is 4.90 Å². The Balaban J connectivity index is 2.34. The second-order valence-electron chi connectivity index (χ2n) is 4.93. The lowest BCUT2D eigenvalue weighted by atomic mass is 10.5. The lowest BCUT2D eigenvalue weighted by molar-refractivity contribution is 0.403. The first-order chi connectivity index (χ1) is 9.04. The fraction of sp³-hybridized carbons (Fsp3) is 0.692. The zero-order valence-electron chi connectivity index (χ0n) is 11.5. The minimum absolute atomic E-state index is 0.203. The summed E-state index contributed by atoms with van der Waals surface area (Å²) < 4.78 is 28.9. The quantitative estimate of drug-likeness (QED) is 0.727. The maximum Gasteiger partial charge on any atom is 0.244 e. The van der Waals surface area contributed by atoms with Gasteiger partial charge in [0.2, 0.25) is 10.0 Å². The van der Waals surface area contributed by atoms with E-state index in [0.29, 0.717) is 17.3 Å². The summed E-state index contributed by atoms with van der Waals surface area (Å²) in [4.78, 5) is 0.380. The van der Waals surface area contributed by atoms with Gasteiger partial charge >= 0.3 is 0 Å². The summed E-state index contributed by atoms with van der Waals surface area (Å²) in [7, 11) is -3.37. The number of nitrogens with zero attached hydrogens (tertiary/aromatic N) is 2. The lowest BCUT2D eigenvalue weighted by Gasteiger charge is -2.20. The van der Waals surface area contributed by atoms with Crippen LogP contribution in [0.5, 0.6) is 0 Å². The minimum Gasteiger partial charge on any atom is -0.349 e. The average molecular weight is 305 g/mol. The highest BCUT2D eigenvalue weighted by Crippen LogP contribution is 2.32. The van der Waals surface area contributed by atoms with Crippen LogP contribution in [0.25, 0.3) is 0 Å². The molecule has 0 unspecified atom stereocenters. The van der Waals surface area contributed by atoms with Gasteiger partial charge in [0.05, 0.1) is 5.88 Å². The van der Waals surface area contributed by atoms with E-state index in [4.69, 9.17) is 11.6 Å². The van der Waals surface area contributed by atoms with Crippen molar-refractivity contribution in [3.8, 4) is 0 Å². The van der Waals surface area contributed by atoms with E-state index in [0.717, 1.165) is 31.5 Å². The predicted molar refractivity (Wildman–Crippen MR) is 76.9 cm³/mol. The van der Waals surface area contributed by atoms with Gasteiger partial charge in [-0.1, -0.05) is 6.92 Å². The lowest BCUT2D eigenvalue weighted by Crippen LogP contribution is -2.33. The Morgan fingerprint density at radius 3 is 2.53 bits per heavy atom. The number of aromatic nitrogens is 1. The van der Waals surface area contributed by atoms with Crippen molar-refractivity contribution in [1.29, 1.82) is 0 Å². The molecular weight excluding hydrogens is 284 g/mol. The highest BCUT2D eigenvalue weighted by atomic mass is 35.5. The van der Waals surface area contributed by atoms with Crippen molar-refractivity contribution >= 4 is 21.6 Å². The highest BCUT2D eigenvalue weighted by molar-refractivity contribution is 7.89. The van der Waals surface area contributed by atoms with Crippen LogP contribution >= 0.6 is 11.6 Å². The van der Waals surface area contributed by atoms with Gasteiger partial charge in [0.15, 0.2) is 0 Å². The molecule has 1 heterocycles. The molecule has 0 aliphatic heterocycles. The van der Waals surface area contributed by atoms with Gasteiger partial charge in [-0.15, -0.1) is 11.6 Å². The molecule has 1 fully saturated rings. The zero-order valence-corrected chi connectivity index (χ0v) is 13.0. The van der Waals surface area contributed by atoms with Crippen LogP contribution in [0.4, 0.5) is 0 Å². The van der Waals surface area contributed by atoms with Crippen LogP contribution in [0, 0.1) is 0 Å². The van der Waals surface area contributed by atoms with E-state index in [9.17, 15) is 8.42 Å². The molecule has 6 heteroatoms. The van der Waals surface area contributed by atoms with Crippen molar-refractivity contribution < 1.29 is 8.42 Å². The van der Waals surface area contributed by atoms with Crippen LogP contribution in [0.3, 0.4) is 0 Å². The number of alkyl halides is 1. The van der Waals surface area contributed by atoms with Crippen LogP contribution in [0.1, 0.15) is 38.8 Å². The van der Waals surface area contributed by atoms with E-state index in [1.54, 1.807) is 16.6 Å². The van der Waals surface area contributed by atoms with E-state index < -0.39 is 10.0 Å². The summed E-state index contributed by atoms with van der Waals surface area (Å²) in [5.41, 5.74) is 0.856. The monoisotopic (exact) mass is 304 g/mol. The maximum absolute atomic E-state index is 12.7. The molecule has 108 valence electrons. The number of rotatable bonds is 7. The van der Waals surface area contributed by atoms with E-state index in [-0.39, 0.29) is 6.04 Å². The van der Waals surface area contributed by atoms with Crippen molar-refractivity contribution in [1.82, 2.24) is 8.87 Å². The third-order valence-corrected chi connectivity index (χ3v) is 5.63. The van der Waals surface area contributed by atoms with E-state index >= 15 is 0 Å². The molecule has 2 rings (SSSR count). The molecule has 4 nitrogen and oxygen atoms in total. The molecule has 1 saturated carbocycles. The van der Waals surface area contributed by atoms with E-state index in [1.807, 2.05) is 18.4 Å². The number of hydrogen-bond acceptors (Lipinski definition) is 2. The first kappa shape index (κ1) is 14.9. The molecule has 1 aliphatic rings. The smallest absolute Gasteiger partial charge is 0.244 e. The van der Waals surface area contributed by atoms with Crippen molar-refractivity contribution in [2.75, 3.05) is 6.54 Å². The SMILES string of the molecule is CCCN(C1CC1)S(=O)(=O)c1cc(CCl)n(CC)c1. The van der Waals surface area contributed by atoms with Crippen molar-refractivity contribution in [2.45, 2.75) is 56.5 Å². The summed E-state index contributed by atoms with van der Waals surface area (Å²) in [5.74, 6) is 0.334. The maximum atomic E-state index is 12.7. The molecular formula is C13H21ClN2O2S. The second kappa shape index (κ2) is 5.85. The molecule has 1 aromatic rings. The standard InChI is InChI=1S/C13H21ClN2O2S/c1-3-7-16(11-5-6-11)19(17,18)13-8-12(9-14)15(4-2)10-13/h8,10-11H,3-7,9H2,1-2H3. The van der Waals surface area contributed by atoms with Crippen molar-refractivity contribution in [2.24, 2.45) is 0 Å². The molecule has 0 N–H and O–H groups in total. The fourth-order valence-corrected chi connectivity index (χ4v) is 4.36. The number of sulfonamides is 1. The zero-order chi connectivity index (χ0) is 14.0. The number of aryl methyl sites for hydroxylation is 1. The fourth-order valence-electron chi connectivity index (χ4n) is 2.29. The Morgan fingerprint density at radius 2 is 2.11 bits per heavy atom. The Bertz CT molecular complexity index is 513. The Morgan fingerprint density at radius 1 is 1.42 bits per heavy atom. The number of halogens is 1. The number of hydrogen-bond donors (Lipinski definition) is 0. The average Bonchev–Trinajstić information content (AvgIpc) is 3.12. The topological polar surface area (TPSA) is 42.3 Å². The van der Waals surface area contributed by atoms with Crippen LogP contribution in [-0.4, -0.2) is 29.9 Å². The van der Waals surface area contributed by atoms with E-state index in [2.05, 4.69) is 0 Å². The van der Waals surface area contributed by atoms with Gasteiger partial charge in [-0.05, 0) is 32.3 Å². The first-order valence-electron chi connectivity index (χ1n) is 6.81. The summed E-state index contributed by atoms with van der Waals surface area (Å²) in [6, 6.07) is 1.91. The predicted octanol–water partition coefficient (Wildman–Crippen LogP) is 2.81. The van der Waals surface area contributed by atoms with Crippen LogP contribution in [0.2, 0.25) is 0 Å². The van der Waals surface area contributed by atoms with Gasteiger partial charge in [-0.25, -0.2) is 8.42 Å². The van der Waals surface area contributed by atoms with Crippen LogP contribution < -0.4 is 0 Å². The largest absolute Gasteiger partial charge is 0.349 e. The van der Waals surface area contributed by atoms with Gasteiger partial charge < -0.3 is 4.57 Å². The molecule has 0 spiro atoms. The van der Waals surface area contributed by atoms with Gasteiger partial charge in [0, 0.05) is 31.0 Å². The molecule has 1 aliphatic carbocycles. The highest BCUT2D eigenvalue weighted by Gasteiger charge is 2.37. The third-order valence-electron chi connectivity index (χ3n) is 3.44. The van der Waals surface area contributed by atoms with Crippen molar-refractivity contribution in [3.05, 3.63) is 18.0 Å². The summed E-state index contributed by atoms with van der Waals surface area (Å²) in [5, 5.41) is 0. The Kier molecular flexibility index (Phi) is 4.58. The van der Waals surface area contributed by atoms with Crippen molar-refractivity contribution in [3.63, 3.8) is 0 Å². The minimum atomic E-state index is -3.37. The van der Waals surface area contributed by atoms with Crippen LogP contribution in [0.15, 0.2) is 17.2 Å². The molecule has 0 bridgehead atoms. The second-order valence-corrected chi connectivity index (χ2v) is 7.09. The summed E-state index contributed by atoms with van der Waals surface area (Å²) in [6.07, 6.45) is 4.51. The van der Waals surface area contributed by atoms with Gasteiger partial charge in [-0.3, -0.25) is 0 Å². The first-order valence-corrected chi connectivity index (χ1v) is 8.78. The molecule has 0 atom stereocenters. The summed E-state index contributed by atoms with van der Waals surface area (Å²) >= 11 is 5.86. The molecule has 19 heavy (non-hydrogen) atoms. The Hall–Kier alpha value is -0.520. The Labute approximate surface area is 120 Å². The van der Waals surface area contributed by atoms with Gasteiger partial charge in [-0.2, -0.15) is 4.31 Å². The van der Waals surface area contributed by atoms with E-state index in [1.165, 1.54) is 0 Å². The molecule has 0 saturated heterocycles. The van der Waals surface area contributed by atoms with Gasteiger partial charge in [0.25, 0.3) is 0 Å². The molecule has 0 amide bonds. The summed E-state index contributed by atoms with van der Waals surface area (Å²) in [6.45, 7) is 5.32. The van der Waals surface area contributed by atoms with Crippen LogP contribution in [-0.2, 0) is 22.4 Å². The molecule has 1 aromatic heterocycles. The normalized spacial score (nSPS) is 16.2. The molecule has 0 radical (unpaired) electrons. The third kappa shape index (κ3) is 2.98. The molecule has 0 aromatic carbocycles.